The van der Waals surface area contributed by atoms with Crippen molar-refractivity contribution in [2.45, 2.75) is 31.6 Å². The molecule has 2 aliphatic heterocycles. The van der Waals surface area contributed by atoms with Gasteiger partial charge in [0.25, 0.3) is 5.91 Å². The molecule has 206 valence electrons. The van der Waals surface area contributed by atoms with E-state index >= 15 is 0 Å². The maximum atomic E-state index is 13.2. The zero-order valence-electron chi connectivity index (χ0n) is 21.4. The number of anilines is 1. The highest BCUT2D eigenvalue weighted by molar-refractivity contribution is 7.88. The van der Waals surface area contributed by atoms with Crippen LogP contribution in [-0.2, 0) is 19.6 Å². The van der Waals surface area contributed by atoms with Gasteiger partial charge in [-0.3, -0.25) is 9.69 Å². The molecule has 0 spiro atoms. The number of nitrogens with zero attached hydrogens (tertiary/aromatic N) is 3. The Balaban J connectivity index is 1.27. The third kappa shape index (κ3) is 8.84. The number of carbonyl (C=O) groups excluding carboxylic acids is 1. The van der Waals surface area contributed by atoms with Crippen LogP contribution in [0, 0.1) is 5.82 Å². The van der Waals surface area contributed by atoms with Crippen LogP contribution in [0.4, 0.5) is 10.2 Å². The van der Waals surface area contributed by atoms with Crippen molar-refractivity contribution in [2.24, 2.45) is 0 Å². The van der Waals surface area contributed by atoms with Gasteiger partial charge in [0.1, 0.15) is 11.6 Å². The van der Waals surface area contributed by atoms with Crippen molar-refractivity contribution in [3.8, 4) is 0 Å². The average molecular weight is 548 g/mol. The number of nitrogens with one attached hydrogen (secondary N) is 2. The molecule has 10 nitrogen and oxygen atoms in total. The lowest BCUT2D eigenvalue weighted by atomic mass is 10.1. The SMILES string of the molecule is CS(=O)(=O)NC(/C=C/c1ccc(F)cc1)CN1CCN(c2ccc(C(=O)NOC3CCCCO3)cn2)CC1. The van der Waals surface area contributed by atoms with E-state index in [2.05, 4.69) is 25.0 Å². The number of hydrogen-bond acceptors (Lipinski definition) is 8. The Morgan fingerprint density at radius 3 is 2.58 bits per heavy atom. The fourth-order valence-corrected chi connectivity index (χ4v) is 5.04. The minimum Gasteiger partial charge on any atom is -0.354 e. The number of amides is 1. The van der Waals surface area contributed by atoms with E-state index in [-0.39, 0.29) is 11.7 Å². The number of aromatic nitrogens is 1. The second-order valence-corrected chi connectivity index (χ2v) is 11.2. The lowest BCUT2D eigenvalue weighted by Gasteiger charge is -2.36. The first kappa shape index (κ1) is 28.1. The number of piperazine rings is 1. The van der Waals surface area contributed by atoms with E-state index in [0.29, 0.717) is 44.9 Å². The molecular formula is C26H34FN5O5S. The average Bonchev–Trinajstić information content (AvgIpc) is 2.91. The number of rotatable bonds is 10. The molecule has 2 unspecified atom stereocenters. The molecule has 2 N–H and O–H groups in total. The Hall–Kier alpha value is -2.90. The summed E-state index contributed by atoms with van der Waals surface area (Å²) in [6.45, 7) is 3.96. The lowest BCUT2D eigenvalue weighted by Crippen LogP contribution is -2.51. The van der Waals surface area contributed by atoms with Gasteiger partial charge in [-0.1, -0.05) is 24.3 Å². The second kappa shape index (κ2) is 13.3. The second-order valence-electron chi connectivity index (χ2n) is 9.45. The zero-order valence-corrected chi connectivity index (χ0v) is 22.2. The summed E-state index contributed by atoms with van der Waals surface area (Å²) in [5.74, 6) is 0.0675. The molecule has 0 radical (unpaired) electrons. The number of ether oxygens (including phenoxy) is 1. The van der Waals surface area contributed by atoms with Crippen molar-refractivity contribution < 1.29 is 27.2 Å². The molecule has 2 aromatic rings. The molecule has 0 saturated carbocycles. The van der Waals surface area contributed by atoms with Gasteiger partial charge in [0.05, 0.1) is 17.9 Å². The van der Waals surface area contributed by atoms with E-state index < -0.39 is 22.4 Å². The van der Waals surface area contributed by atoms with Crippen LogP contribution in [-0.4, -0.2) is 82.1 Å². The molecule has 2 fully saturated rings. The monoisotopic (exact) mass is 547 g/mol. The first-order valence-electron chi connectivity index (χ1n) is 12.7. The quantitative estimate of drug-likeness (QED) is 0.435. The topological polar surface area (TPSA) is 113 Å². The van der Waals surface area contributed by atoms with Gasteiger partial charge in [0, 0.05) is 51.9 Å². The van der Waals surface area contributed by atoms with Gasteiger partial charge in [0.2, 0.25) is 10.0 Å². The number of pyridine rings is 1. The van der Waals surface area contributed by atoms with Crippen molar-refractivity contribution in [1.82, 2.24) is 20.1 Å². The summed E-state index contributed by atoms with van der Waals surface area (Å²) in [6.07, 6.45) is 8.57. The third-order valence-electron chi connectivity index (χ3n) is 6.34. The molecule has 1 amide bonds. The maximum Gasteiger partial charge on any atom is 0.276 e. The fourth-order valence-electron chi connectivity index (χ4n) is 4.34. The van der Waals surface area contributed by atoms with Crippen molar-refractivity contribution >= 4 is 27.8 Å². The Labute approximate surface area is 222 Å². The van der Waals surface area contributed by atoms with E-state index in [4.69, 9.17) is 9.57 Å². The molecule has 2 atom stereocenters. The van der Waals surface area contributed by atoms with Crippen LogP contribution in [0.15, 0.2) is 48.7 Å². The van der Waals surface area contributed by atoms with E-state index in [0.717, 1.165) is 36.9 Å². The van der Waals surface area contributed by atoms with Crippen molar-refractivity contribution in [1.29, 1.82) is 0 Å². The van der Waals surface area contributed by atoms with Gasteiger partial charge in [0.15, 0.2) is 6.29 Å². The molecule has 3 heterocycles. The Kier molecular flexibility index (Phi) is 9.80. The van der Waals surface area contributed by atoms with Gasteiger partial charge >= 0.3 is 0 Å². The lowest BCUT2D eigenvalue weighted by molar-refractivity contribution is -0.186. The summed E-state index contributed by atoms with van der Waals surface area (Å²) in [5, 5.41) is 0. The van der Waals surface area contributed by atoms with E-state index in [1.165, 1.54) is 18.3 Å². The normalized spacial score (nSPS) is 19.9. The van der Waals surface area contributed by atoms with E-state index in [9.17, 15) is 17.6 Å². The number of benzene rings is 1. The zero-order chi connectivity index (χ0) is 27.0. The predicted molar refractivity (Wildman–Crippen MR) is 142 cm³/mol. The van der Waals surface area contributed by atoms with Gasteiger partial charge in [-0.15, -0.1) is 0 Å². The molecule has 1 aromatic carbocycles. The molecule has 2 saturated heterocycles. The van der Waals surface area contributed by atoms with Gasteiger partial charge in [-0.25, -0.2) is 32.8 Å². The molecule has 38 heavy (non-hydrogen) atoms. The smallest absolute Gasteiger partial charge is 0.276 e. The van der Waals surface area contributed by atoms with Gasteiger partial charge in [-0.05, 0) is 42.7 Å². The third-order valence-corrected chi connectivity index (χ3v) is 7.07. The Morgan fingerprint density at radius 1 is 1.18 bits per heavy atom. The minimum atomic E-state index is -3.42. The van der Waals surface area contributed by atoms with Crippen LogP contribution in [0.2, 0.25) is 0 Å². The van der Waals surface area contributed by atoms with E-state index in [1.807, 2.05) is 0 Å². The van der Waals surface area contributed by atoms with Crippen LogP contribution in [0.5, 0.6) is 0 Å². The molecule has 1 aromatic heterocycles. The highest BCUT2D eigenvalue weighted by Gasteiger charge is 2.22. The Bertz CT molecular complexity index is 1180. The number of hydroxylamine groups is 1. The van der Waals surface area contributed by atoms with Crippen molar-refractivity contribution in [3.63, 3.8) is 0 Å². The molecule has 0 aliphatic carbocycles. The van der Waals surface area contributed by atoms with Crippen LogP contribution in [0.25, 0.3) is 6.08 Å². The van der Waals surface area contributed by atoms with Crippen LogP contribution in [0.3, 0.4) is 0 Å². The first-order chi connectivity index (χ1) is 18.2. The predicted octanol–water partition coefficient (Wildman–Crippen LogP) is 2.16. The van der Waals surface area contributed by atoms with Gasteiger partial charge < -0.3 is 9.64 Å². The van der Waals surface area contributed by atoms with Crippen molar-refractivity contribution in [3.05, 3.63) is 65.6 Å². The number of halogens is 1. The van der Waals surface area contributed by atoms with E-state index in [1.54, 1.807) is 36.4 Å². The number of carbonyl (C=O) groups is 1. The molecule has 12 heteroatoms. The summed E-state index contributed by atoms with van der Waals surface area (Å²) >= 11 is 0. The number of hydrogen-bond donors (Lipinski definition) is 2. The molecular weight excluding hydrogens is 513 g/mol. The highest BCUT2D eigenvalue weighted by Crippen LogP contribution is 2.16. The fraction of sp³-hybridized carbons (Fsp3) is 0.462. The summed E-state index contributed by atoms with van der Waals surface area (Å²) in [6, 6.07) is 9.10. The first-order valence-corrected chi connectivity index (χ1v) is 14.6. The summed E-state index contributed by atoms with van der Waals surface area (Å²) in [4.78, 5) is 26.5. The molecule has 2 aliphatic rings. The van der Waals surface area contributed by atoms with Crippen LogP contribution < -0.4 is 15.1 Å². The summed E-state index contributed by atoms with van der Waals surface area (Å²) in [5.41, 5.74) is 3.62. The van der Waals surface area contributed by atoms with Gasteiger partial charge in [-0.2, -0.15) is 0 Å². The summed E-state index contributed by atoms with van der Waals surface area (Å²) < 4.78 is 45.1. The number of sulfonamides is 1. The van der Waals surface area contributed by atoms with Crippen LogP contribution in [0.1, 0.15) is 35.2 Å². The standard InChI is InChI=1S/C26H34FN5O5S/c1-38(34,35)30-23(11-7-20-5-9-22(27)10-6-20)19-31-13-15-32(16-14-31)24-12-8-21(18-28-24)26(33)29-37-25-4-2-3-17-36-25/h5-12,18,23,25,30H,2-4,13-17,19H2,1H3,(H,29,33)/b11-7+. The largest absolute Gasteiger partial charge is 0.354 e. The molecule has 4 rings (SSSR count). The maximum absolute atomic E-state index is 13.2. The van der Waals surface area contributed by atoms with Crippen LogP contribution >= 0.6 is 0 Å². The molecule has 0 bridgehead atoms. The minimum absolute atomic E-state index is 0.322. The van der Waals surface area contributed by atoms with Crippen molar-refractivity contribution in [2.75, 3.05) is 50.5 Å². The highest BCUT2D eigenvalue weighted by atomic mass is 32.2. The Morgan fingerprint density at radius 2 is 1.95 bits per heavy atom. The summed E-state index contributed by atoms with van der Waals surface area (Å²) in [7, 11) is -3.42.